The Balaban J connectivity index is -0.000000248. The van der Waals surface area contributed by atoms with E-state index in [2.05, 4.69) is 13.8 Å². The number of hydrogen-bond acceptors (Lipinski definition) is 10. The van der Waals surface area contributed by atoms with E-state index in [-0.39, 0.29) is 43.0 Å². The fraction of sp³-hybridized carbons (Fsp3) is 0.900. The first-order valence-corrected chi connectivity index (χ1v) is 15.3. The van der Waals surface area contributed by atoms with Gasteiger partial charge in [0.2, 0.25) is 0 Å². The van der Waals surface area contributed by atoms with Crippen molar-refractivity contribution in [2.75, 3.05) is 6.61 Å². The number of carboxylic acid groups (broad SMARTS) is 2. The molecule has 0 saturated heterocycles. The zero-order valence-corrected chi connectivity index (χ0v) is 28.4. The maximum Gasteiger partial charge on any atom is 2.00 e. The first-order chi connectivity index (χ1) is 19.1. The third-order valence-electron chi connectivity index (χ3n) is 6.39. The van der Waals surface area contributed by atoms with Crippen molar-refractivity contribution in [3.05, 3.63) is 0 Å². The van der Waals surface area contributed by atoms with Gasteiger partial charge in [-0.1, -0.05) is 117 Å². The molecule has 0 aromatic heterocycles. The van der Waals surface area contributed by atoms with Gasteiger partial charge in [-0.05, 0) is 25.7 Å². The molecule has 0 aliphatic carbocycles. The Kier molecular flexibility index (Phi) is 42.8. The minimum Gasteiger partial charge on any atom is -0.550 e. The normalized spacial score (nSPS) is 13.2. The van der Waals surface area contributed by atoms with Gasteiger partial charge >= 0.3 is 23.9 Å². The number of carbonyl (C=O) groups is 3. The molecule has 41 heavy (non-hydrogen) atoms. The van der Waals surface area contributed by atoms with E-state index in [1.165, 1.54) is 89.9 Å². The molecule has 242 valence electrons. The van der Waals surface area contributed by atoms with E-state index >= 15 is 0 Å². The van der Waals surface area contributed by atoms with Gasteiger partial charge in [0.15, 0.2) is 6.29 Å². The molecule has 0 fully saturated rings. The number of carbonyl (C=O) groups excluding carboxylic acids is 3. The van der Waals surface area contributed by atoms with Crippen LogP contribution in [0.3, 0.4) is 0 Å². The van der Waals surface area contributed by atoms with Crippen LogP contribution in [0.15, 0.2) is 0 Å². The summed E-state index contributed by atoms with van der Waals surface area (Å²) in [5.74, 6) is -1.82. The minimum atomic E-state index is -1.79. The van der Waals surface area contributed by atoms with Gasteiger partial charge in [-0.2, -0.15) is 0 Å². The Morgan fingerprint density at radius 3 is 1.12 bits per heavy atom. The molecular formula is C30H58O10Sn. The predicted molar refractivity (Wildman–Crippen MR) is 157 cm³/mol. The maximum absolute atomic E-state index is 10.1. The zero-order chi connectivity index (χ0) is 31.0. The second-order valence-corrected chi connectivity index (χ2v) is 10.3. The standard InChI is InChI=1S/2C12H24O2.C6H12O6.Sn/c2*1-2-3-4-5-6-7-8-9-10-11-12(13)14;7-1-3(9)5(11)6(12)4(10)2-8;/h2*2-11H2,1H3,(H,13,14);1,3-6,8-12H,2H2;/q;;;+2/p-2/t;;3-,4+,5+,6+;/m..0./s1. The molecule has 0 aromatic rings. The summed E-state index contributed by atoms with van der Waals surface area (Å²) in [5, 5.41) is 63.7. The van der Waals surface area contributed by atoms with E-state index in [0.717, 1.165) is 25.7 Å². The van der Waals surface area contributed by atoms with Crippen LogP contribution in [0.1, 0.15) is 142 Å². The van der Waals surface area contributed by atoms with Crippen molar-refractivity contribution in [2.24, 2.45) is 0 Å². The Morgan fingerprint density at radius 2 is 0.878 bits per heavy atom. The summed E-state index contributed by atoms with van der Waals surface area (Å²) in [4.78, 5) is 30.1. The first kappa shape index (κ1) is 47.1. The number of unbranched alkanes of at least 4 members (excludes halogenated alkanes) is 16. The molecule has 0 rings (SSSR count). The third-order valence-corrected chi connectivity index (χ3v) is 6.39. The maximum atomic E-state index is 10.1. The smallest absolute Gasteiger partial charge is 0.550 e. The van der Waals surface area contributed by atoms with Gasteiger partial charge in [0.1, 0.15) is 24.4 Å². The Labute approximate surface area is 264 Å². The van der Waals surface area contributed by atoms with Crippen LogP contribution >= 0.6 is 0 Å². The quantitative estimate of drug-likeness (QED) is 0.0530. The number of hydrogen-bond donors (Lipinski definition) is 5. The molecule has 0 spiro atoms. The molecular weight excluding hydrogens is 639 g/mol. The molecule has 10 nitrogen and oxygen atoms in total. The summed E-state index contributed by atoms with van der Waals surface area (Å²) >= 11 is 0. The fourth-order valence-corrected chi connectivity index (χ4v) is 3.78. The molecule has 5 N–H and O–H groups in total. The molecule has 4 atom stereocenters. The van der Waals surface area contributed by atoms with Crippen molar-refractivity contribution in [3.8, 4) is 0 Å². The second kappa shape index (κ2) is 37.2. The van der Waals surface area contributed by atoms with Crippen LogP contribution in [-0.2, 0) is 14.4 Å². The van der Waals surface area contributed by atoms with Gasteiger partial charge in [0, 0.05) is 11.9 Å². The number of carboxylic acids is 2. The van der Waals surface area contributed by atoms with Gasteiger partial charge in [0.05, 0.1) is 6.61 Å². The number of rotatable bonds is 25. The fourth-order valence-electron chi connectivity index (χ4n) is 3.78. The Hall–Kier alpha value is -0.791. The summed E-state index contributed by atoms with van der Waals surface area (Å²) in [5.41, 5.74) is 0. The molecule has 0 amide bonds. The van der Waals surface area contributed by atoms with Crippen LogP contribution in [-0.4, -0.2) is 98.7 Å². The van der Waals surface area contributed by atoms with Crippen LogP contribution in [0, 0.1) is 0 Å². The molecule has 0 bridgehead atoms. The van der Waals surface area contributed by atoms with Crippen molar-refractivity contribution in [1.29, 1.82) is 0 Å². The molecule has 2 radical (unpaired) electrons. The predicted octanol–water partition coefficient (Wildman–Crippen LogP) is 1.55. The molecule has 0 heterocycles. The van der Waals surface area contributed by atoms with Crippen molar-refractivity contribution >= 4 is 42.1 Å². The number of aliphatic carboxylic acids is 2. The monoisotopic (exact) mass is 698 g/mol. The van der Waals surface area contributed by atoms with Crippen molar-refractivity contribution in [3.63, 3.8) is 0 Å². The first-order valence-electron chi connectivity index (χ1n) is 15.3. The van der Waals surface area contributed by atoms with E-state index in [0.29, 0.717) is 0 Å². The molecule has 0 aromatic carbocycles. The van der Waals surface area contributed by atoms with Crippen molar-refractivity contribution < 1.29 is 50.1 Å². The zero-order valence-electron chi connectivity index (χ0n) is 25.5. The van der Waals surface area contributed by atoms with Crippen LogP contribution in [0.5, 0.6) is 0 Å². The Bertz CT molecular complexity index is 533. The van der Waals surface area contributed by atoms with Gasteiger partial charge in [-0.15, -0.1) is 0 Å². The van der Waals surface area contributed by atoms with Gasteiger partial charge in [0.25, 0.3) is 0 Å². The van der Waals surface area contributed by atoms with Crippen LogP contribution in [0.2, 0.25) is 0 Å². The van der Waals surface area contributed by atoms with Crippen LogP contribution < -0.4 is 10.2 Å². The number of aliphatic hydroxyl groups excluding tert-OH is 5. The van der Waals surface area contributed by atoms with Crippen molar-refractivity contribution in [2.45, 2.75) is 167 Å². The number of aliphatic hydroxyl groups is 5. The van der Waals surface area contributed by atoms with E-state index < -0.39 is 43.0 Å². The van der Waals surface area contributed by atoms with Gasteiger partial charge < -0.3 is 50.1 Å². The molecule has 0 aliphatic heterocycles. The Morgan fingerprint density at radius 1 is 0.585 bits per heavy atom. The number of aldehydes is 1. The van der Waals surface area contributed by atoms with Gasteiger partial charge in [-0.3, -0.25) is 0 Å². The summed E-state index contributed by atoms with van der Waals surface area (Å²) in [6.07, 6.45) is 15.5. The third kappa shape index (κ3) is 39.2. The van der Waals surface area contributed by atoms with Gasteiger partial charge in [-0.25, -0.2) is 0 Å². The van der Waals surface area contributed by atoms with Crippen LogP contribution in [0.4, 0.5) is 0 Å². The summed E-state index contributed by atoms with van der Waals surface area (Å²) in [6, 6.07) is 0. The largest absolute Gasteiger partial charge is 2.00 e. The van der Waals surface area contributed by atoms with Crippen LogP contribution in [0.25, 0.3) is 0 Å². The average molecular weight is 697 g/mol. The summed E-state index contributed by atoms with van der Waals surface area (Å²) in [7, 11) is 0. The summed E-state index contributed by atoms with van der Waals surface area (Å²) < 4.78 is 0. The molecule has 11 heteroatoms. The van der Waals surface area contributed by atoms with E-state index in [4.69, 9.17) is 25.5 Å². The SMILES string of the molecule is CCCCCCCCCCCC(=O)[O-].CCCCCCCCCCCC(=O)[O-].O=C[C@H](O)[C@@H](O)[C@H](O)[C@H](O)CO.[Sn+2]. The van der Waals surface area contributed by atoms with E-state index in [9.17, 15) is 24.6 Å². The molecule has 0 aliphatic rings. The minimum absolute atomic E-state index is 0. The van der Waals surface area contributed by atoms with Crippen molar-refractivity contribution in [1.82, 2.24) is 0 Å². The second-order valence-electron chi connectivity index (χ2n) is 10.3. The average Bonchev–Trinajstić information content (AvgIpc) is 2.94. The topological polar surface area (TPSA) is 198 Å². The molecule has 0 saturated carbocycles. The summed E-state index contributed by atoms with van der Waals surface area (Å²) in [6.45, 7) is 3.68. The van der Waals surface area contributed by atoms with E-state index in [1.807, 2.05) is 0 Å². The molecule has 0 unspecified atom stereocenters. The van der Waals surface area contributed by atoms with E-state index in [1.54, 1.807) is 0 Å².